The summed E-state index contributed by atoms with van der Waals surface area (Å²) in [5.74, 6) is 1.73. The Morgan fingerprint density at radius 1 is 1.33 bits per heavy atom. The molecule has 4 nitrogen and oxygen atoms in total. The maximum atomic E-state index is 4.38. The summed E-state index contributed by atoms with van der Waals surface area (Å²) in [6, 6.07) is 2.06. The summed E-state index contributed by atoms with van der Waals surface area (Å²) in [5, 5.41) is 7.78. The Balaban J connectivity index is 1.91. The Bertz CT molecular complexity index is 501. The molecule has 0 aliphatic rings. The molecule has 98 valence electrons. The monoisotopic (exact) mass is 246 g/mol. The second kappa shape index (κ2) is 5.85. The van der Waals surface area contributed by atoms with Crippen LogP contribution in [0.4, 0.5) is 5.82 Å². The van der Waals surface area contributed by atoms with E-state index in [-0.39, 0.29) is 0 Å². The van der Waals surface area contributed by atoms with Crippen molar-refractivity contribution in [2.45, 2.75) is 40.0 Å². The molecule has 2 aromatic rings. The second-order valence-electron chi connectivity index (χ2n) is 5.21. The van der Waals surface area contributed by atoms with Crippen molar-refractivity contribution in [3.05, 3.63) is 24.2 Å². The second-order valence-corrected chi connectivity index (χ2v) is 5.21. The van der Waals surface area contributed by atoms with Crippen LogP contribution in [0.5, 0.6) is 0 Å². The average Bonchev–Trinajstić information content (AvgIpc) is 2.69. The van der Waals surface area contributed by atoms with Gasteiger partial charge < -0.3 is 5.32 Å². The first-order valence-electron chi connectivity index (χ1n) is 6.71. The molecule has 2 heterocycles. The lowest BCUT2D eigenvalue weighted by Gasteiger charge is -2.07. The van der Waals surface area contributed by atoms with Crippen molar-refractivity contribution in [1.29, 1.82) is 0 Å². The van der Waals surface area contributed by atoms with Crippen molar-refractivity contribution in [2.75, 3.05) is 11.9 Å². The molecule has 0 saturated heterocycles. The summed E-state index contributed by atoms with van der Waals surface area (Å²) >= 11 is 0. The van der Waals surface area contributed by atoms with Crippen LogP contribution in [0.15, 0.2) is 18.5 Å². The summed E-state index contributed by atoms with van der Waals surface area (Å²) in [6.07, 6.45) is 7.42. The zero-order valence-corrected chi connectivity index (χ0v) is 11.5. The number of nitrogens with zero attached hydrogens (tertiary/aromatic N) is 3. The Labute approximate surface area is 108 Å². The first-order valence-corrected chi connectivity index (χ1v) is 6.71. The number of hydrogen-bond acceptors (Lipinski definition) is 3. The van der Waals surface area contributed by atoms with Gasteiger partial charge in [0.15, 0.2) is 5.82 Å². The highest BCUT2D eigenvalue weighted by Gasteiger charge is 2.04. The predicted octanol–water partition coefficient (Wildman–Crippen LogP) is 3.28. The van der Waals surface area contributed by atoms with Gasteiger partial charge in [0, 0.05) is 18.9 Å². The van der Waals surface area contributed by atoms with Crippen molar-refractivity contribution in [3.8, 4) is 0 Å². The fraction of sp³-hybridized carbons (Fsp3) is 0.571. The maximum absolute atomic E-state index is 4.38. The highest BCUT2D eigenvalue weighted by atomic mass is 15.2. The zero-order chi connectivity index (χ0) is 13.0. The smallest absolute Gasteiger partial charge is 0.152 e. The highest BCUT2D eigenvalue weighted by Crippen LogP contribution is 2.15. The van der Waals surface area contributed by atoms with Crippen LogP contribution < -0.4 is 5.32 Å². The minimum absolute atomic E-state index is 0.795. The molecular weight excluding hydrogens is 224 g/mol. The van der Waals surface area contributed by atoms with E-state index in [9.17, 15) is 0 Å². The van der Waals surface area contributed by atoms with Gasteiger partial charge in [0.05, 0.1) is 5.69 Å². The van der Waals surface area contributed by atoms with Crippen LogP contribution in [0.1, 0.15) is 38.8 Å². The quantitative estimate of drug-likeness (QED) is 0.795. The summed E-state index contributed by atoms with van der Waals surface area (Å²) in [6.45, 7) is 7.51. The topological polar surface area (TPSA) is 42.2 Å². The zero-order valence-electron chi connectivity index (χ0n) is 11.5. The van der Waals surface area contributed by atoms with Gasteiger partial charge in [-0.3, -0.25) is 0 Å². The van der Waals surface area contributed by atoms with Gasteiger partial charge in [-0.25, -0.2) is 9.50 Å². The Morgan fingerprint density at radius 3 is 2.94 bits per heavy atom. The van der Waals surface area contributed by atoms with Gasteiger partial charge in [0.2, 0.25) is 0 Å². The number of hydrogen-bond donors (Lipinski definition) is 1. The molecule has 0 unspecified atom stereocenters. The molecule has 0 spiro atoms. The maximum Gasteiger partial charge on any atom is 0.152 e. The Hall–Kier alpha value is -1.58. The lowest BCUT2D eigenvalue weighted by Crippen LogP contribution is -2.05. The first kappa shape index (κ1) is 12.9. The van der Waals surface area contributed by atoms with Crippen molar-refractivity contribution in [1.82, 2.24) is 14.6 Å². The van der Waals surface area contributed by atoms with E-state index in [1.54, 1.807) is 6.20 Å². The van der Waals surface area contributed by atoms with E-state index >= 15 is 0 Å². The normalized spacial score (nSPS) is 11.3. The molecule has 0 saturated carbocycles. The number of fused-ring (bicyclic) bond motifs is 1. The van der Waals surface area contributed by atoms with E-state index in [2.05, 4.69) is 35.3 Å². The minimum atomic E-state index is 0.795. The van der Waals surface area contributed by atoms with Crippen LogP contribution >= 0.6 is 0 Å². The third-order valence-corrected chi connectivity index (χ3v) is 3.01. The standard InChI is InChI=1S/C14H22N4/c1-11(2)6-4-5-7-15-14-13-10-12(3)17-18(13)9-8-16-14/h8-11H,4-7H2,1-3H3,(H,15,16). The molecule has 0 aliphatic carbocycles. The van der Waals surface area contributed by atoms with E-state index in [4.69, 9.17) is 0 Å². The van der Waals surface area contributed by atoms with Crippen LogP contribution in [0.25, 0.3) is 5.52 Å². The van der Waals surface area contributed by atoms with Crippen molar-refractivity contribution < 1.29 is 0 Å². The highest BCUT2D eigenvalue weighted by molar-refractivity contribution is 5.67. The molecule has 0 fully saturated rings. The minimum Gasteiger partial charge on any atom is -0.368 e. The predicted molar refractivity (Wildman–Crippen MR) is 74.9 cm³/mol. The Kier molecular flexibility index (Phi) is 4.18. The first-order chi connectivity index (χ1) is 8.66. The molecule has 0 bridgehead atoms. The fourth-order valence-electron chi connectivity index (χ4n) is 2.06. The number of aromatic nitrogens is 3. The lowest BCUT2D eigenvalue weighted by molar-refractivity contribution is 0.544. The number of aryl methyl sites for hydroxylation is 1. The fourth-order valence-corrected chi connectivity index (χ4v) is 2.06. The summed E-state index contributed by atoms with van der Waals surface area (Å²) in [4.78, 5) is 4.38. The van der Waals surface area contributed by atoms with Gasteiger partial charge >= 0.3 is 0 Å². The van der Waals surface area contributed by atoms with Gasteiger partial charge in [0.1, 0.15) is 5.52 Å². The van der Waals surface area contributed by atoms with Crippen LogP contribution in [-0.4, -0.2) is 21.1 Å². The van der Waals surface area contributed by atoms with Gasteiger partial charge in [-0.2, -0.15) is 5.10 Å². The van der Waals surface area contributed by atoms with E-state index in [0.717, 1.165) is 29.5 Å². The average molecular weight is 246 g/mol. The molecule has 0 atom stereocenters. The van der Waals surface area contributed by atoms with Gasteiger partial charge in [-0.05, 0) is 25.3 Å². The molecule has 0 aliphatic heterocycles. The van der Waals surface area contributed by atoms with Gasteiger partial charge in [0.25, 0.3) is 0 Å². The van der Waals surface area contributed by atoms with E-state index < -0.39 is 0 Å². The van der Waals surface area contributed by atoms with E-state index in [1.807, 2.05) is 17.6 Å². The van der Waals surface area contributed by atoms with Crippen molar-refractivity contribution in [2.24, 2.45) is 5.92 Å². The summed E-state index contributed by atoms with van der Waals surface area (Å²) < 4.78 is 1.87. The molecule has 4 heteroatoms. The third kappa shape index (κ3) is 3.22. The summed E-state index contributed by atoms with van der Waals surface area (Å²) in [7, 11) is 0. The van der Waals surface area contributed by atoms with Crippen molar-refractivity contribution >= 4 is 11.3 Å². The largest absolute Gasteiger partial charge is 0.368 e. The molecule has 18 heavy (non-hydrogen) atoms. The number of unbranched alkanes of at least 4 members (excludes halogenated alkanes) is 1. The van der Waals surface area contributed by atoms with Gasteiger partial charge in [-0.15, -0.1) is 0 Å². The van der Waals surface area contributed by atoms with E-state index in [0.29, 0.717) is 0 Å². The molecule has 2 rings (SSSR count). The molecule has 0 amide bonds. The number of nitrogens with one attached hydrogen (secondary N) is 1. The van der Waals surface area contributed by atoms with E-state index in [1.165, 1.54) is 19.3 Å². The third-order valence-electron chi connectivity index (χ3n) is 3.01. The van der Waals surface area contributed by atoms with Crippen LogP contribution in [0, 0.1) is 12.8 Å². The molecule has 1 N–H and O–H groups in total. The molecule has 0 radical (unpaired) electrons. The molecule has 2 aromatic heterocycles. The number of rotatable bonds is 6. The lowest BCUT2D eigenvalue weighted by atomic mass is 10.1. The summed E-state index contributed by atoms with van der Waals surface area (Å²) in [5.41, 5.74) is 2.07. The number of anilines is 1. The Morgan fingerprint density at radius 2 is 2.17 bits per heavy atom. The molecule has 0 aromatic carbocycles. The van der Waals surface area contributed by atoms with Crippen LogP contribution in [0.3, 0.4) is 0 Å². The van der Waals surface area contributed by atoms with Crippen LogP contribution in [-0.2, 0) is 0 Å². The van der Waals surface area contributed by atoms with Crippen molar-refractivity contribution in [3.63, 3.8) is 0 Å². The van der Waals surface area contributed by atoms with Gasteiger partial charge in [-0.1, -0.05) is 26.7 Å². The van der Waals surface area contributed by atoms with Crippen LogP contribution in [0.2, 0.25) is 0 Å². The molecular formula is C14H22N4. The SMILES string of the molecule is Cc1cc2c(NCCCCC(C)C)nccn2n1.